The molecule has 6 nitrogen and oxygen atoms in total. The molecule has 38 heavy (non-hydrogen) atoms. The van der Waals surface area contributed by atoms with Crippen molar-refractivity contribution in [2.75, 3.05) is 32.2 Å². The molecule has 0 bridgehead atoms. The van der Waals surface area contributed by atoms with Gasteiger partial charge in [-0.1, -0.05) is 40.9 Å². The Balaban J connectivity index is 1.85. The Bertz CT molecular complexity index is 1340. The standard InChI is InChI=1S/C29H27Cl3N2O4/c1-3-38-16-4-15-34-27(23-14-9-20(31)17-24(23)32)25(28(35)18-5-12-22(37-2)13-6-18)26(29(34)36)33-21-10-7-19(30)8-11-21/h5-14,17,27,33H,3-4,15-16H2,1-2H3. The lowest BCUT2D eigenvalue weighted by atomic mass is 9.92. The largest absolute Gasteiger partial charge is 0.497 e. The van der Waals surface area contributed by atoms with Crippen LogP contribution in [0, 0.1) is 0 Å². The Kier molecular flexibility index (Phi) is 9.34. The molecule has 3 aromatic carbocycles. The van der Waals surface area contributed by atoms with Crippen LogP contribution in [0.3, 0.4) is 0 Å². The highest BCUT2D eigenvalue weighted by Crippen LogP contribution is 2.43. The minimum atomic E-state index is -0.738. The molecule has 0 aliphatic carbocycles. The first-order valence-electron chi connectivity index (χ1n) is 12.1. The highest BCUT2D eigenvalue weighted by atomic mass is 35.5. The molecule has 0 radical (unpaired) electrons. The number of ketones is 1. The van der Waals surface area contributed by atoms with Gasteiger partial charge < -0.3 is 19.7 Å². The zero-order valence-corrected chi connectivity index (χ0v) is 23.2. The molecule has 1 amide bonds. The molecule has 198 valence electrons. The summed E-state index contributed by atoms with van der Waals surface area (Å²) in [7, 11) is 1.56. The molecule has 3 aromatic rings. The third-order valence-corrected chi connectivity index (χ3v) is 7.00. The fraction of sp³-hybridized carbons (Fsp3) is 0.241. The van der Waals surface area contributed by atoms with Crippen molar-refractivity contribution in [3.63, 3.8) is 0 Å². The van der Waals surface area contributed by atoms with E-state index in [1.54, 1.807) is 78.7 Å². The average molecular weight is 574 g/mol. The van der Waals surface area contributed by atoms with Gasteiger partial charge in [-0.05, 0) is 79.6 Å². The lowest BCUT2D eigenvalue weighted by molar-refractivity contribution is -0.127. The van der Waals surface area contributed by atoms with E-state index in [9.17, 15) is 9.59 Å². The van der Waals surface area contributed by atoms with Crippen LogP contribution in [0.25, 0.3) is 0 Å². The van der Waals surface area contributed by atoms with Gasteiger partial charge in [0.1, 0.15) is 11.4 Å². The van der Waals surface area contributed by atoms with Crippen LogP contribution >= 0.6 is 34.8 Å². The van der Waals surface area contributed by atoms with Crippen molar-refractivity contribution in [1.82, 2.24) is 4.90 Å². The highest BCUT2D eigenvalue weighted by molar-refractivity contribution is 6.35. The highest BCUT2D eigenvalue weighted by Gasteiger charge is 2.44. The molecule has 0 saturated heterocycles. The topological polar surface area (TPSA) is 67.9 Å². The van der Waals surface area contributed by atoms with Crippen molar-refractivity contribution in [2.45, 2.75) is 19.4 Å². The molecule has 1 atom stereocenters. The molecule has 1 aliphatic rings. The minimum absolute atomic E-state index is 0.181. The second kappa shape index (κ2) is 12.7. The van der Waals surface area contributed by atoms with Crippen molar-refractivity contribution in [2.24, 2.45) is 0 Å². The van der Waals surface area contributed by atoms with Crippen LogP contribution < -0.4 is 10.1 Å². The molecule has 1 N–H and O–H groups in total. The number of anilines is 1. The zero-order chi connectivity index (χ0) is 27.2. The monoisotopic (exact) mass is 572 g/mol. The predicted octanol–water partition coefficient (Wildman–Crippen LogP) is 7.21. The van der Waals surface area contributed by atoms with Crippen LogP contribution in [0.5, 0.6) is 5.75 Å². The summed E-state index contributed by atoms with van der Waals surface area (Å²) in [5.74, 6) is -0.00231. The summed E-state index contributed by atoms with van der Waals surface area (Å²) in [6.45, 7) is 3.32. The van der Waals surface area contributed by atoms with Gasteiger partial charge in [0, 0.05) is 46.1 Å². The number of nitrogens with one attached hydrogen (secondary N) is 1. The van der Waals surface area contributed by atoms with E-state index < -0.39 is 6.04 Å². The van der Waals surface area contributed by atoms with Crippen molar-refractivity contribution < 1.29 is 19.1 Å². The number of hydrogen-bond acceptors (Lipinski definition) is 5. The van der Waals surface area contributed by atoms with Gasteiger partial charge in [0.2, 0.25) is 0 Å². The lowest BCUT2D eigenvalue weighted by Crippen LogP contribution is -2.33. The number of Topliss-reactive ketones (excluding diaryl/α,β-unsaturated/α-hetero) is 1. The number of halogens is 3. The predicted molar refractivity (Wildman–Crippen MR) is 151 cm³/mol. The number of benzene rings is 3. The van der Waals surface area contributed by atoms with Crippen LogP contribution in [0.15, 0.2) is 78.0 Å². The first-order valence-corrected chi connectivity index (χ1v) is 13.3. The van der Waals surface area contributed by atoms with Crippen LogP contribution in [0.1, 0.15) is 35.3 Å². The normalized spacial score (nSPS) is 15.2. The van der Waals surface area contributed by atoms with Gasteiger partial charge in [-0.2, -0.15) is 0 Å². The Morgan fingerprint density at radius 1 is 0.974 bits per heavy atom. The summed E-state index contributed by atoms with van der Waals surface area (Å²) in [4.78, 5) is 29.7. The molecule has 9 heteroatoms. The van der Waals surface area contributed by atoms with Gasteiger partial charge in [0.15, 0.2) is 5.78 Å². The lowest BCUT2D eigenvalue weighted by Gasteiger charge is -2.28. The molecule has 0 saturated carbocycles. The van der Waals surface area contributed by atoms with Gasteiger partial charge >= 0.3 is 0 Å². The zero-order valence-electron chi connectivity index (χ0n) is 21.0. The van der Waals surface area contributed by atoms with E-state index in [1.807, 2.05) is 6.92 Å². The van der Waals surface area contributed by atoms with Gasteiger partial charge in [0.25, 0.3) is 5.91 Å². The number of rotatable bonds is 11. The molecular weight excluding hydrogens is 547 g/mol. The summed E-state index contributed by atoms with van der Waals surface area (Å²) in [5.41, 5.74) is 2.10. The van der Waals surface area contributed by atoms with Crippen molar-refractivity contribution in [1.29, 1.82) is 0 Å². The van der Waals surface area contributed by atoms with Crippen LogP contribution in [-0.2, 0) is 9.53 Å². The number of nitrogens with zero attached hydrogens (tertiary/aromatic N) is 1. The van der Waals surface area contributed by atoms with E-state index in [-0.39, 0.29) is 23.0 Å². The molecule has 4 rings (SSSR count). The minimum Gasteiger partial charge on any atom is -0.497 e. The molecule has 0 aromatic heterocycles. The summed E-state index contributed by atoms with van der Waals surface area (Å²) >= 11 is 18.9. The van der Waals surface area contributed by atoms with Gasteiger partial charge in [-0.25, -0.2) is 0 Å². The molecular formula is C29H27Cl3N2O4. The fourth-order valence-corrected chi connectivity index (χ4v) is 5.00. The first-order chi connectivity index (χ1) is 18.3. The number of amides is 1. The Labute approximate surface area is 237 Å². The maximum atomic E-state index is 14.1. The van der Waals surface area contributed by atoms with Gasteiger partial charge in [-0.3, -0.25) is 9.59 Å². The number of hydrogen-bond donors (Lipinski definition) is 1. The maximum Gasteiger partial charge on any atom is 0.271 e. The molecule has 1 heterocycles. The number of carbonyl (C=O) groups is 2. The smallest absolute Gasteiger partial charge is 0.271 e. The third kappa shape index (κ3) is 6.16. The third-order valence-electron chi connectivity index (χ3n) is 6.19. The van der Waals surface area contributed by atoms with Crippen LogP contribution in [0.4, 0.5) is 5.69 Å². The van der Waals surface area contributed by atoms with E-state index in [2.05, 4.69) is 5.32 Å². The summed E-state index contributed by atoms with van der Waals surface area (Å²) in [6.07, 6.45) is 0.583. The van der Waals surface area contributed by atoms with E-state index >= 15 is 0 Å². The number of methoxy groups -OCH3 is 1. The molecule has 1 aliphatic heterocycles. The van der Waals surface area contributed by atoms with Crippen LogP contribution in [-0.4, -0.2) is 43.5 Å². The SMILES string of the molecule is CCOCCCN1C(=O)C(Nc2ccc(Cl)cc2)=C(C(=O)c2ccc(OC)cc2)C1c1ccc(Cl)cc1Cl. The Morgan fingerprint density at radius 3 is 2.29 bits per heavy atom. The van der Waals surface area contributed by atoms with Crippen molar-refractivity contribution in [3.05, 3.63) is 104 Å². The van der Waals surface area contributed by atoms with E-state index in [0.29, 0.717) is 63.8 Å². The first kappa shape index (κ1) is 28.0. The van der Waals surface area contributed by atoms with E-state index in [4.69, 9.17) is 44.3 Å². The quantitative estimate of drug-likeness (QED) is 0.194. The fourth-order valence-electron chi connectivity index (χ4n) is 4.36. The molecule has 0 fully saturated rings. The number of carbonyl (C=O) groups excluding carboxylic acids is 2. The summed E-state index contributed by atoms with van der Waals surface area (Å²) in [5, 5.41) is 4.56. The summed E-state index contributed by atoms with van der Waals surface area (Å²) in [6, 6.07) is 18.0. The Hall–Kier alpha value is -3.03. The van der Waals surface area contributed by atoms with Gasteiger partial charge in [-0.15, -0.1) is 0 Å². The second-order valence-electron chi connectivity index (χ2n) is 8.60. The maximum absolute atomic E-state index is 14.1. The van der Waals surface area contributed by atoms with E-state index in [1.165, 1.54) is 0 Å². The molecule has 1 unspecified atom stereocenters. The number of ether oxygens (including phenoxy) is 2. The average Bonchev–Trinajstić information content (AvgIpc) is 3.18. The van der Waals surface area contributed by atoms with Crippen molar-refractivity contribution >= 4 is 52.2 Å². The van der Waals surface area contributed by atoms with Crippen LogP contribution in [0.2, 0.25) is 15.1 Å². The second-order valence-corrected chi connectivity index (χ2v) is 9.88. The van der Waals surface area contributed by atoms with Crippen molar-refractivity contribution in [3.8, 4) is 5.75 Å². The van der Waals surface area contributed by atoms with Gasteiger partial charge in [0.05, 0.1) is 18.7 Å². The van der Waals surface area contributed by atoms with E-state index in [0.717, 1.165) is 0 Å². The summed E-state index contributed by atoms with van der Waals surface area (Å²) < 4.78 is 10.8. The Morgan fingerprint density at radius 2 is 1.66 bits per heavy atom. The molecule has 0 spiro atoms.